The van der Waals surface area contributed by atoms with Gasteiger partial charge in [0.25, 0.3) is 5.91 Å². The van der Waals surface area contributed by atoms with Crippen LogP contribution in [-0.2, 0) is 14.3 Å². The summed E-state index contributed by atoms with van der Waals surface area (Å²) in [7, 11) is 0. The van der Waals surface area contributed by atoms with E-state index in [1.165, 1.54) is 4.90 Å². The first-order valence-electron chi connectivity index (χ1n) is 12.5. The summed E-state index contributed by atoms with van der Waals surface area (Å²) in [6.45, 7) is 14.4. The van der Waals surface area contributed by atoms with Crippen molar-refractivity contribution in [3.63, 3.8) is 0 Å². The third-order valence-corrected chi connectivity index (χ3v) is 6.09. The summed E-state index contributed by atoms with van der Waals surface area (Å²) < 4.78 is 5.33. The van der Waals surface area contributed by atoms with Crippen LogP contribution in [0.3, 0.4) is 0 Å². The number of nitrogens with one attached hydrogen (secondary N) is 2. The molecule has 0 saturated heterocycles. The van der Waals surface area contributed by atoms with E-state index in [4.69, 9.17) is 11.2 Å². The zero-order valence-electron chi connectivity index (χ0n) is 23.1. The van der Waals surface area contributed by atoms with Gasteiger partial charge in [-0.1, -0.05) is 49.2 Å². The van der Waals surface area contributed by atoms with Crippen LogP contribution in [-0.4, -0.2) is 40.5 Å². The lowest BCUT2D eigenvalue weighted by Crippen LogP contribution is -2.54. The molecule has 3 unspecified atom stereocenters. The normalized spacial score (nSPS) is 13.5. The molecule has 0 fully saturated rings. The van der Waals surface area contributed by atoms with E-state index in [1.807, 2.05) is 45.9 Å². The van der Waals surface area contributed by atoms with Crippen molar-refractivity contribution in [1.29, 1.82) is 0 Å². The van der Waals surface area contributed by atoms with Gasteiger partial charge in [-0.15, -0.1) is 6.42 Å². The molecule has 7 heteroatoms. The fourth-order valence-corrected chi connectivity index (χ4v) is 4.05. The lowest BCUT2D eigenvalue weighted by atomic mass is 9.95. The fourth-order valence-electron chi connectivity index (χ4n) is 4.05. The largest absolute Gasteiger partial charge is 0.444 e. The fraction of sp³-hybridized carbons (Fsp3) is 0.433. The first kappa shape index (κ1) is 29.4. The third-order valence-electron chi connectivity index (χ3n) is 6.09. The first-order valence-corrected chi connectivity index (χ1v) is 12.5. The Morgan fingerprint density at radius 1 is 1.03 bits per heavy atom. The van der Waals surface area contributed by atoms with Crippen LogP contribution in [0.2, 0.25) is 0 Å². The van der Waals surface area contributed by atoms with Gasteiger partial charge in [-0.3, -0.25) is 9.59 Å². The Morgan fingerprint density at radius 3 is 2.16 bits per heavy atom. The molecule has 0 bridgehead atoms. The topological polar surface area (TPSA) is 87.7 Å². The predicted molar refractivity (Wildman–Crippen MR) is 147 cm³/mol. The summed E-state index contributed by atoms with van der Waals surface area (Å²) in [6, 6.07) is 10.5. The van der Waals surface area contributed by atoms with Gasteiger partial charge in [0.05, 0.1) is 0 Å². The average molecular weight is 506 g/mol. The minimum atomic E-state index is -1.03. The molecule has 0 saturated carbocycles. The first-order chi connectivity index (χ1) is 17.3. The highest BCUT2D eigenvalue weighted by Gasteiger charge is 2.38. The van der Waals surface area contributed by atoms with E-state index in [2.05, 4.69) is 16.6 Å². The number of ether oxygens (including phenoxy) is 1. The van der Waals surface area contributed by atoms with E-state index in [0.29, 0.717) is 23.2 Å². The van der Waals surface area contributed by atoms with Crippen molar-refractivity contribution in [1.82, 2.24) is 10.2 Å². The van der Waals surface area contributed by atoms with E-state index in [-0.39, 0.29) is 6.04 Å². The highest BCUT2D eigenvalue weighted by atomic mass is 16.6. The second-order valence-electron chi connectivity index (χ2n) is 10.3. The Morgan fingerprint density at radius 2 is 1.62 bits per heavy atom. The highest BCUT2D eigenvalue weighted by Crippen LogP contribution is 2.31. The number of para-hydroxylation sites is 1. The smallest absolute Gasteiger partial charge is 0.408 e. The molecule has 198 valence electrons. The van der Waals surface area contributed by atoms with E-state index >= 15 is 0 Å². The summed E-state index contributed by atoms with van der Waals surface area (Å²) in [5, 5.41) is 5.65. The zero-order valence-corrected chi connectivity index (χ0v) is 23.1. The van der Waals surface area contributed by atoms with Gasteiger partial charge in [-0.05, 0) is 77.6 Å². The summed E-state index contributed by atoms with van der Waals surface area (Å²) in [4.78, 5) is 41.8. The van der Waals surface area contributed by atoms with Gasteiger partial charge < -0.3 is 20.3 Å². The van der Waals surface area contributed by atoms with Crippen LogP contribution in [0, 0.1) is 26.2 Å². The molecule has 0 aromatic heterocycles. The molecule has 0 spiro atoms. The van der Waals surface area contributed by atoms with Gasteiger partial charge in [0, 0.05) is 17.3 Å². The van der Waals surface area contributed by atoms with Crippen LogP contribution < -0.4 is 10.6 Å². The van der Waals surface area contributed by atoms with Crippen molar-refractivity contribution in [3.8, 4) is 12.3 Å². The Kier molecular flexibility index (Phi) is 9.90. The Balaban J connectivity index is 2.58. The molecule has 0 radical (unpaired) electrons. The number of alkyl carbamates (subject to hydrolysis) is 1. The summed E-state index contributed by atoms with van der Waals surface area (Å²) >= 11 is 0. The number of hydrogen-bond donors (Lipinski definition) is 2. The highest BCUT2D eigenvalue weighted by molar-refractivity contribution is 6.00. The number of carbonyl (C=O) groups is 3. The molecule has 0 aliphatic carbocycles. The van der Waals surface area contributed by atoms with Gasteiger partial charge in [0.15, 0.2) is 0 Å². The molecule has 0 aliphatic heterocycles. The van der Waals surface area contributed by atoms with Crippen LogP contribution in [0.4, 0.5) is 10.5 Å². The maximum atomic E-state index is 14.0. The zero-order chi connectivity index (χ0) is 27.9. The number of carbonyl (C=O) groups excluding carboxylic acids is 3. The van der Waals surface area contributed by atoms with Crippen molar-refractivity contribution in [2.45, 2.75) is 85.5 Å². The van der Waals surface area contributed by atoms with E-state index in [0.717, 1.165) is 11.1 Å². The van der Waals surface area contributed by atoms with Crippen LogP contribution in [0.5, 0.6) is 0 Å². The van der Waals surface area contributed by atoms with Gasteiger partial charge >= 0.3 is 6.09 Å². The van der Waals surface area contributed by atoms with Crippen molar-refractivity contribution >= 4 is 23.6 Å². The summed E-state index contributed by atoms with van der Waals surface area (Å²) in [6.07, 6.45) is 5.67. The number of hydrogen-bond acceptors (Lipinski definition) is 4. The van der Waals surface area contributed by atoms with Crippen molar-refractivity contribution in [2.75, 3.05) is 5.32 Å². The van der Waals surface area contributed by atoms with Gasteiger partial charge in [0.2, 0.25) is 5.91 Å². The number of terminal acetylenes is 1. The standard InChI is InChI=1S/C30H39N3O4/c1-10-21(5)33(28(35)22(6)31-29(36)37-30(7,8)9)26(24-18-13-12-17-23(24)11-2)27(34)32-25-19(3)15-14-16-20(25)4/h2,12-18,21-22,26H,10H2,1,3-9H3,(H,31,36)(H,32,34). The third kappa shape index (κ3) is 7.60. The molecule has 37 heavy (non-hydrogen) atoms. The molecule has 2 N–H and O–H groups in total. The minimum absolute atomic E-state index is 0.338. The molecular weight excluding hydrogens is 466 g/mol. The van der Waals surface area contributed by atoms with Crippen LogP contribution in [0.25, 0.3) is 0 Å². The molecule has 3 amide bonds. The summed E-state index contributed by atoms with van der Waals surface area (Å²) in [5.74, 6) is 1.83. The van der Waals surface area contributed by atoms with Crippen LogP contribution in [0.1, 0.15) is 76.3 Å². The minimum Gasteiger partial charge on any atom is -0.444 e. The number of anilines is 1. The van der Waals surface area contributed by atoms with Crippen molar-refractivity contribution in [2.24, 2.45) is 0 Å². The Bertz CT molecular complexity index is 1160. The maximum absolute atomic E-state index is 14.0. The second-order valence-corrected chi connectivity index (χ2v) is 10.3. The van der Waals surface area contributed by atoms with Crippen LogP contribution in [0.15, 0.2) is 42.5 Å². The number of rotatable bonds is 8. The average Bonchev–Trinajstić information content (AvgIpc) is 2.82. The van der Waals surface area contributed by atoms with E-state index in [1.54, 1.807) is 52.0 Å². The quantitative estimate of drug-likeness (QED) is 0.464. The van der Waals surface area contributed by atoms with Gasteiger partial charge in [-0.25, -0.2) is 4.79 Å². The molecule has 7 nitrogen and oxygen atoms in total. The Labute approximate surface area is 221 Å². The predicted octanol–water partition coefficient (Wildman–Crippen LogP) is 5.50. The molecular formula is C30H39N3O4. The van der Waals surface area contributed by atoms with E-state index < -0.39 is 35.6 Å². The summed E-state index contributed by atoms with van der Waals surface area (Å²) in [5.41, 5.74) is 2.82. The lowest BCUT2D eigenvalue weighted by Gasteiger charge is -2.38. The molecule has 0 heterocycles. The Hall–Kier alpha value is -3.79. The molecule has 3 atom stereocenters. The van der Waals surface area contributed by atoms with Crippen molar-refractivity contribution < 1.29 is 19.1 Å². The number of benzene rings is 2. The molecule has 2 aromatic carbocycles. The maximum Gasteiger partial charge on any atom is 0.408 e. The van der Waals surface area contributed by atoms with Crippen LogP contribution >= 0.6 is 0 Å². The molecule has 0 aliphatic rings. The monoisotopic (exact) mass is 505 g/mol. The lowest BCUT2D eigenvalue weighted by molar-refractivity contribution is -0.143. The number of nitrogens with zero attached hydrogens (tertiary/aromatic N) is 1. The second kappa shape index (κ2) is 12.4. The number of amides is 3. The SMILES string of the molecule is C#Cc1ccccc1C(C(=O)Nc1c(C)cccc1C)N(C(=O)C(C)NC(=O)OC(C)(C)C)C(C)CC. The van der Waals surface area contributed by atoms with Gasteiger partial charge in [0.1, 0.15) is 17.7 Å². The molecule has 2 aromatic rings. The van der Waals surface area contributed by atoms with Crippen molar-refractivity contribution in [3.05, 3.63) is 64.7 Å². The van der Waals surface area contributed by atoms with E-state index in [9.17, 15) is 14.4 Å². The van der Waals surface area contributed by atoms with Gasteiger partial charge in [-0.2, -0.15) is 0 Å². The number of aryl methyl sites for hydroxylation is 2. The molecule has 2 rings (SSSR count).